The molecule has 0 bridgehead atoms. The van der Waals surface area contributed by atoms with Crippen molar-refractivity contribution >= 4 is 11.9 Å². The van der Waals surface area contributed by atoms with Crippen LogP contribution in [-0.2, 0) is 19.1 Å². The molecule has 6 nitrogen and oxygen atoms in total. The summed E-state index contributed by atoms with van der Waals surface area (Å²) in [5.41, 5.74) is -1.21. The van der Waals surface area contributed by atoms with E-state index in [0.29, 0.717) is 52.4 Å². The topological polar surface area (TPSA) is 76.1 Å². The smallest absolute Gasteiger partial charge is 0.319 e. The van der Waals surface area contributed by atoms with Gasteiger partial charge >= 0.3 is 5.97 Å². The number of rotatable bonds is 10. The van der Waals surface area contributed by atoms with Gasteiger partial charge in [0.05, 0.1) is 13.2 Å². The van der Waals surface area contributed by atoms with E-state index in [1.165, 1.54) is 0 Å². The van der Waals surface area contributed by atoms with Crippen LogP contribution >= 0.6 is 0 Å². The van der Waals surface area contributed by atoms with Crippen LogP contribution in [0, 0.1) is 5.41 Å². The molecule has 6 heteroatoms. The molecule has 20 heavy (non-hydrogen) atoms. The first kappa shape index (κ1) is 16.9. The number of ether oxygens (including phenoxy) is 2. The standard InChI is InChI=1S/C14H25NO5/c1-3-19-10-8-15(9-11-20-4-2)12(16)14(13(17)18)6-5-7-14/h3-11H2,1-2H3,(H,17,18). The quantitative estimate of drug-likeness (QED) is 0.482. The highest BCUT2D eigenvalue weighted by atomic mass is 16.5. The van der Waals surface area contributed by atoms with Crippen molar-refractivity contribution < 1.29 is 24.2 Å². The van der Waals surface area contributed by atoms with Gasteiger partial charge in [0, 0.05) is 26.3 Å². The molecular formula is C14H25NO5. The van der Waals surface area contributed by atoms with Crippen molar-refractivity contribution in [3.8, 4) is 0 Å². The van der Waals surface area contributed by atoms with E-state index in [4.69, 9.17) is 9.47 Å². The van der Waals surface area contributed by atoms with Crippen LogP contribution in [0.2, 0.25) is 0 Å². The van der Waals surface area contributed by atoms with E-state index in [1.807, 2.05) is 13.8 Å². The number of nitrogens with zero attached hydrogens (tertiary/aromatic N) is 1. The fourth-order valence-corrected chi connectivity index (χ4v) is 2.31. The van der Waals surface area contributed by atoms with E-state index < -0.39 is 11.4 Å². The highest BCUT2D eigenvalue weighted by Crippen LogP contribution is 2.42. The van der Waals surface area contributed by atoms with E-state index in [0.717, 1.165) is 6.42 Å². The maximum atomic E-state index is 12.5. The maximum Gasteiger partial charge on any atom is 0.319 e. The number of hydrogen-bond acceptors (Lipinski definition) is 4. The average molecular weight is 287 g/mol. The van der Waals surface area contributed by atoms with Gasteiger partial charge in [-0.25, -0.2) is 0 Å². The summed E-state index contributed by atoms with van der Waals surface area (Å²) in [7, 11) is 0. The average Bonchev–Trinajstić information content (AvgIpc) is 2.35. The lowest BCUT2D eigenvalue weighted by atomic mass is 9.67. The molecule has 0 spiro atoms. The molecule has 1 N–H and O–H groups in total. The number of aliphatic carboxylic acids is 1. The van der Waals surface area contributed by atoms with Gasteiger partial charge in [0.15, 0.2) is 0 Å². The van der Waals surface area contributed by atoms with Crippen molar-refractivity contribution in [1.82, 2.24) is 4.90 Å². The fourth-order valence-electron chi connectivity index (χ4n) is 2.31. The summed E-state index contributed by atoms with van der Waals surface area (Å²) in [5.74, 6) is -1.30. The zero-order chi connectivity index (χ0) is 15.0. The lowest BCUT2D eigenvalue weighted by Gasteiger charge is -2.40. The Morgan fingerprint density at radius 2 is 1.60 bits per heavy atom. The van der Waals surface area contributed by atoms with Crippen LogP contribution < -0.4 is 0 Å². The summed E-state index contributed by atoms with van der Waals surface area (Å²) in [6, 6.07) is 0. The zero-order valence-corrected chi connectivity index (χ0v) is 12.4. The largest absolute Gasteiger partial charge is 0.480 e. The van der Waals surface area contributed by atoms with Crippen molar-refractivity contribution in [3.63, 3.8) is 0 Å². The van der Waals surface area contributed by atoms with Gasteiger partial charge in [0.25, 0.3) is 0 Å². The SMILES string of the molecule is CCOCCN(CCOCC)C(=O)C1(C(=O)O)CCC1. The lowest BCUT2D eigenvalue weighted by Crippen LogP contribution is -2.54. The van der Waals surface area contributed by atoms with Gasteiger partial charge in [-0.05, 0) is 26.7 Å². The molecule has 0 saturated heterocycles. The number of carboxylic acid groups (broad SMARTS) is 1. The number of amides is 1. The van der Waals surface area contributed by atoms with Crippen LogP contribution in [0.3, 0.4) is 0 Å². The minimum absolute atomic E-state index is 0.296. The van der Waals surface area contributed by atoms with Crippen LogP contribution in [0.4, 0.5) is 0 Å². The summed E-state index contributed by atoms with van der Waals surface area (Å²) in [6.07, 6.45) is 1.66. The second-order valence-electron chi connectivity index (χ2n) is 4.93. The van der Waals surface area contributed by atoms with Crippen LogP contribution in [-0.4, -0.2) is 61.4 Å². The first-order valence-electron chi connectivity index (χ1n) is 7.26. The second-order valence-corrected chi connectivity index (χ2v) is 4.93. The Bertz CT molecular complexity index is 318. The molecule has 1 aliphatic rings. The highest BCUT2D eigenvalue weighted by Gasteiger charge is 2.52. The molecule has 1 amide bonds. The van der Waals surface area contributed by atoms with Gasteiger partial charge in [0.2, 0.25) is 5.91 Å². The Balaban J connectivity index is 2.64. The zero-order valence-electron chi connectivity index (χ0n) is 12.4. The molecule has 0 radical (unpaired) electrons. The van der Waals surface area contributed by atoms with Crippen LogP contribution in [0.25, 0.3) is 0 Å². The molecule has 1 fully saturated rings. The van der Waals surface area contributed by atoms with Crippen LogP contribution in [0.1, 0.15) is 33.1 Å². The number of carbonyl (C=O) groups excluding carboxylic acids is 1. The molecule has 116 valence electrons. The van der Waals surface area contributed by atoms with E-state index in [9.17, 15) is 14.7 Å². The summed E-state index contributed by atoms with van der Waals surface area (Å²) in [6.45, 7) is 6.60. The van der Waals surface area contributed by atoms with Crippen molar-refractivity contribution in [2.24, 2.45) is 5.41 Å². The number of carbonyl (C=O) groups is 2. The molecule has 1 aliphatic carbocycles. The first-order valence-corrected chi connectivity index (χ1v) is 7.26. The van der Waals surface area contributed by atoms with Crippen LogP contribution in [0.15, 0.2) is 0 Å². The number of hydrogen-bond donors (Lipinski definition) is 1. The Labute approximate surface area is 120 Å². The summed E-state index contributed by atoms with van der Waals surface area (Å²) in [5, 5.41) is 9.34. The Kier molecular flexibility index (Phi) is 6.95. The van der Waals surface area contributed by atoms with Crippen molar-refractivity contribution in [2.45, 2.75) is 33.1 Å². The normalized spacial score (nSPS) is 16.5. The molecule has 1 rings (SSSR count). The molecule has 0 unspecified atom stereocenters. The molecule has 0 aromatic heterocycles. The molecule has 0 atom stereocenters. The van der Waals surface area contributed by atoms with Gasteiger partial charge in [-0.1, -0.05) is 6.42 Å². The Morgan fingerprint density at radius 3 is 1.90 bits per heavy atom. The van der Waals surface area contributed by atoms with Crippen molar-refractivity contribution in [3.05, 3.63) is 0 Å². The third-order valence-electron chi connectivity index (χ3n) is 3.73. The van der Waals surface area contributed by atoms with Crippen molar-refractivity contribution in [1.29, 1.82) is 0 Å². The van der Waals surface area contributed by atoms with E-state index in [2.05, 4.69) is 0 Å². The predicted octanol–water partition coefficient (Wildman–Crippen LogP) is 1.14. The van der Waals surface area contributed by atoms with Gasteiger partial charge in [-0.3, -0.25) is 9.59 Å². The van der Waals surface area contributed by atoms with Gasteiger partial charge in [-0.15, -0.1) is 0 Å². The first-order chi connectivity index (χ1) is 9.58. The maximum absolute atomic E-state index is 12.5. The van der Waals surface area contributed by atoms with E-state index in [-0.39, 0.29) is 5.91 Å². The van der Waals surface area contributed by atoms with Gasteiger partial charge in [-0.2, -0.15) is 0 Å². The van der Waals surface area contributed by atoms with E-state index >= 15 is 0 Å². The summed E-state index contributed by atoms with van der Waals surface area (Å²) < 4.78 is 10.5. The predicted molar refractivity (Wildman–Crippen MR) is 73.5 cm³/mol. The summed E-state index contributed by atoms with van der Waals surface area (Å²) in [4.78, 5) is 25.5. The van der Waals surface area contributed by atoms with Gasteiger partial charge < -0.3 is 19.5 Å². The number of carboxylic acids is 1. The Hall–Kier alpha value is -1.14. The second kappa shape index (κ2) is 8.21. The minimum atomic E-state index is -1.21. The monoisotopic (exact) mass is 287 g/mol. The molecule has 0 aromatic carbocycles. The third kappa shape index (κ3) is 3.93. The lowest BCUT2D eigenvalue weighted by molar-refractivity contribution is -0.168. The Morgan fingerprint density at radius 1 is 1.10 bits per heavy atom. The molecular weight excluding hydrogens is 262 g/mol. The van der Waals surface area contributed by atoms with Gasteiger partial charge in [0.1, 0.15) is 5.41 Å². The summed E-state index contributed by atoms with van der Waals surface area (Å²) >= 11 is 0. The molecule has 0 heterocycles. The molecule has 0 aliphatic heterocycles. The fraction of sp³-hybridized carbons (Fsp3) is 0.857. The van der Waals surface area contributed by atoms with Crippen molar-refractivity contribution in [2.75, 3.05) is 39.5 Å². The molecule has 1 saturated carbocycles. The highest BCUT2D eigenvalue weighted by molar-refractivity contribution is 6.02. The minimum Gasteiger partial charge on any atom is -0.480 e. The third-order valence-corrected chi connectivity index (χ3v) is 3.73. The van der Waals surface area contributed by atoms with E-state index in [1.54, 1.807) is 4.90 Å². The van der Waals surface area contributed by atoms with Crippen LogP contribution in [0.5, 0.6) is 0 Å². The molecule has 0 aromatic rings.